The molecule has 0 saturated carbocycles. The van der Waals surface area contributed by atoms with Gasteiger partial charge in [0.2, 0.25) is 0 Å². The zero-order valence-electron chi connectivity index (χ0n) is 16.6. The van der Waals surface area contributed by atoms with E-state index in [1.165, 1.54) is 11.1 Å². The normalized spacial score (nSPS) is 20.5. The van der Waals surface area contributed by atoms with Crippen molar-refractivity contribution < 1.29 is 14.7 Å². The van der Waals surface area contributed by atoms with E-state index in [1.807, 2.05) is 12.2 Å². The van der Waals surface area contributed by atoms with Crippen molar-refractivity contribution in [2.45, 2.75) is 13.1 Å². The highest BCUT2D eigenvalue weighted by atomic mass is 16.4. The third-order valence-electron chi connectivity index (χ3n) is 4.96. The van der Waals surface area contributed by atoms with Crippen molar-refractivity contribution in [3.05, 3.63) is 95.1 Å². The van der Waals surface area contributed by atoms with Crippen LogP contribution >= 0.6 is 0 Å². The summed E-state index contributed by atoms with van der Waals surface area (Å²) in [5, 5.41) is 27.2. The highest BCUT2D eigenvalue weighted by molar-refractivity contribution is 6.01. The van der Waals surface area contributed by atoms with Crippen molar-refractivity contribution in [1.82, 2.24) is 10.3 Å². The third kappa shape index (κ3) is 4.14. The molecule has 7 nitrogen and oxygen atoms in total. The number of nitriles is 1. The van der Waals surface area contributed by atoms with Gasteiger partial charge >= 0.3 is 5.97 Å². The Labute approximate surface area is 178 Å². The van der Waals surface area contributed by atoms with E-state index in [0.29, 0.717) is 17.0 Å². The van der Waals surface area contributed by atoms with Gasteiger partial charge in [-0.15, -0.1) is 0 Å². The average Bonchev–Trinajstić information content (AvgIpc) is 2.77. The molecular weight excluding hydrogens is 392 g/mol. The minimum atomic E-state index is -0.986. The predicted octanol–water partition coefficient (Wildman–Crippen LogP) is 3.38. The van der Waals surface area contributed by atoms with Gasteiger partial charge in [0, 0.05) is 11.8 Å². The van der Waals surface area contributed by atoms with Crippen LogP contribution in [0.5, 0.6) is 0 Å². The maximum Gasteiger partial charge on any atom is 0.335 e. The second-order valence-corrected chi connectivity index (χ2v) is 7.10. The summed E-state index contributed by atoms with van der Waals surface area (Å²) in [6, 6.07) is 15.6. The molecule has 7 heteroatoms. The van der Waals surface area contributed by atoms with Crippen LogP contribution < -0.4 is 5.32 Å². The number of nitrogens with zero attached hydrogens (tertiary/aromatic N) is 3. The van der Waals surface area contributed by atoms with Crippen LogP contribution in [0.2, 0.25) is 0 Å². The molecular formula is C24H18N4O3. The van der Waals surface area contributed by atoms with Crippen LogP contribution in [0.25, 0.3) is 11.3 Å². The van der Waals surface area contributed by atoms with Crippen LogP contribution in [0.4, 0.5) is 0 Å². The minimum absolute atomic E-state index is 0.204. The smallest absolute Gasteiger partial charge is 0.335 e. The molecule has 2 aliphatic heterocycles. The fourth-order valence-electron chi connectivity index (χ4n) is 3.34. The molecule has 152 valence electrons. The Morgan fingerprint density at radius 1 is 1.10 bits per heavy atom. The van der Waals surface area contributed by atoms with Crippen molar-refractivity contribution in [1.29, 1.82) is 5.26 Å². The van der Waals surface area contributed by atoms with Gasteiger partial charge in [-0.25, -0.2) is 9.80 Å². The number of allylic oxidation sites excluding steroid dienone is 3. The molecule has 0 saturated heterocycles. The largest absolute Gasteiger partial charge is 0.478 e. The number of rotatable bonds is 3. The van der Waals surface area contributed by atoms with Crippen LogP contribution in [0.15, 0.2) is 77.9 Å². The number of amides is 1. The van der Waals surface area contributed by atoms with Gasteiger partial charge in [0.1, 0.15) is 6.17 Å². The van der Waals surface area contributed by atoms with Gasteiger partial charge in [-0.1, -0.05) is 30.3 Å². The van der Waals surface area contributed by atoms with Crippen LogP contribution in [0, 0.1) is 11.3 Å². The average molecular weight is 410 g/mol. The summed E-state index contributed by atoms with van der Waals surface area (Å²) in [4.78, 5) is 24.0. The monoisotopic (exact) mass is 410 g/mol. The van der Waals surface area contributed by atoms with Gasteiger partial charge in [0.15, 0.2) is 0 Å². The van der Waals surface area contributed by atoms with Crippen molar-refractivity contribution in [3.8, 4) is 6.07 Å². The van der Waals surface area contributed by atoms with Gasteiger partial charge in [0.05, 0.1) is 22.9 Å². The van der Waals surface area contributed by atoms with E-state index in [9.17, 15) is 9.59 Å². The summed E-state index contributed by atoms with van der Waals surface area (Å²) < 4.78 is 0. The highest BCUT2D eigenvalue weighted by Crippen LogP contribution is 2.25. The summed E-state index contributed by atoms with van der Waals surface area (Å²) in [6.45, 7) is 1.80. The SMILES string of the molecule is CC1=N/N2C(=O)C=C(c3ccc(C#N)cc3)NC2C=C(c2ccc(C(=O)O)cc2)/C=C\1. The van der Waals surface area contributed by atoms with Crippen molar-refractivity contribution in [2.24, 2.45) is 5.10 Å². The van der Waals surface area contributed by atoms with E-state index in [1.54, 1.807) is 61.5 Å². The molecule has 0 radical (unpaired) electrons. The van der Waals surface area contributed by atoms with E-state index in [0.717, 1.165) is 16.7 Å². The first-order chi connectivity index (χ1) is 14.9. The molecule has 0 bridgehead atoms. The number of carbonyl (C=O) groups is 2. The Kier molecular flexibility index (Phi) is 5.21. The Hall–Kier alpha value is -4.44. The van der Waals surface area contributed by atoms with E-state index in [-0.39, 0.29) is 11.5 Å². The van der Waals surface area contributed by atoms with Crippen LogP contribution in [0.3, 0.4) is 0 Å². The number of hydrazone groups is 1. The minimum Gasteiger partial charge on any atom is -0.478 e. The zero-order valence-corrected chi connectivity index (χ0v) is 16.6. The fraction of sp³-hybridized carbons (Fsp3) is 0.0833. The molecule has 4 rings (SSSR count). The third-order valence-corrected chi connectivity index (χ3v) is 4.96. The topological polar surface area (TPSA) is 106 Å². The standard InChI is InChI=1S/C24H18N4O3/c1-15-2-5-20(17-8-10-19(11-9-17)24(30)31)12-22-26-21(13-23(29)28(22)27-15)18-6-3-16(14-25)4-7-18/h2-13,22,26H,1H3,(H,30,31)/b5-2-,20-12?,27-15-. The number of benzene rings is 2. The van der Waals surface area contributed by atoms with Crippen molar-refractivity contribution in [3.63, 3.8) is 0 Å². The molecule has 0 aromatic heterocycles. The summed E-state index contributed by atoms with van der Waals surface area (Å²) in [7, 11) is 0. The number of fused-ring (bicyclic) bond motifs is 1. The molecule has 1 atom stereocenters. The quantitative estimate of drug-likeness (QED) is 0.807. The first kappa shape index (κ1) is 19.9. The molecule has 0 spiro atoms. The number of carboxylic acids is 1. The molecule has 1 unspecified atom stereocenters. The van der Waals surface area contributed by atoms with Crippen LogP contribution in [-0.2, 0) is 4.79 Å². The lowest BCUT2D eigenvalue weighted by atomic mass is 10.0. The molecule has 31 heavy (non-hydrogen) atoms. The Balaban J connectivity index is 1.72. The maximum atomic E-state index is 12.8. The van der Waals surface area contributed by atoms with Crippen LogP contribution in [0.1, 0.15) is 34.0 Å². The van der Waals surface area contributed by atoms with E-state index in [4.69, 9.17) is 10.4 Å². The van der Waals surface area contributed by atoms with E-state index in [2.05, 4.69) is 16.5 Å². The summed E-state index contributed by atoms with van der Waals surface area (Å²) in [5.41, 5.74) is 4.45. The molecule has 1 amide bonds. The second kappa shape index (κ2) is 8.13. The van der Waals surface area contributed by atoms with Crippen molar-refractivity contribution >= 4 is 28.9 Å². The Morgan fingerprint density at radius 2 is 1.77 bits per heavy atom. The Bertz CT molecular complexity index is 1210. The van der Waals surface area contributed by atoms with E-state index >= 15 is 0 Å². The van der Waals surface area contributed by atoms with Gasteiger partial charge in [0.25, 0.3) is 5.91 Å². The highest BCUT2D eigenvalue weighted by Gasteiger charge is 2.28. The molecule has 2 N–H and O–H groups in total. The number of carboxylic acid groups (broad SMARTS) is 1. The second-order valence-electron chi connectivity index (χ2n) is 7.10. The lowest BCUT2D eigenvalue weighted by molar-refractivity contribution is -0.128. The first-order valence-corrected chi connectivity index (χ1v) is 9.55. The Morgan fingerprint density at radius 3 is 2.42 bits per heavy atom. The first-order valence-electron chi connectivity index (χ1n) is 9.55. The lowest BCUT2D eigenvalue weighted by Gasteiger charge is -2.32. The number of hydrogen-bond acceptors (Lipinski definition) is 5. The molecule has 2 aliphatic rings. The number of carbonyl (C=O) groups excluding carboxylic acids is 1. The zero-order chi connectivity index (χ0) is 22.0. The van der Waals surface area contributed by atoms with Gasteiger partial charge in [-0.3, -0.25) is 4.79 Å². The van der Waals surface area contributed by atoms with Gasteiger partial charge in [-0.05, 0) is 60.0 Å². The molecule has 2 aromatic carbocycles. The molecule has 0 fully saturated rings. The van der Waals surface area contributed by atoms with Crippen molar-refractivity contribution in [2.75, 3.05) is 0 Å². The number of hydrogen-bond donors (Lipinski definition) is 2. The van der Waals surface area contributed by atoms with Crippen LogP contribution in [-0.4, -0.2) is 33.9 Å². The predicted molar refractivity (Wildman–Crippen MR) is 117 cm³/mol. The molecule has 2 heterocycles. The number of aromatic carboxylic acids is 1. The number of nitrogens with one attached hydrogen (secondary N) is 1. The summed E-state index contributed by atoms with van der Waals surface area (Å²) >= 11 is 0. The molecule has 0 aliphatic carbocycles. The van der Waals surface area contributed by atoms with Gasteiger partial charge in [-0.2, -0.15) is 10.4 Å². The van der Waals surface area contributed by atoms with E-state index < -0.39 is 12.1 Å². The van der Waals surface area contributed by atoms with Gasteiger partial charge < -0.3 is 10.4 Å². The summed E-state index contributed by atoms with van der Waals surface area (Å²) in [5.74, 6) is -1.26. The molecule has 2 aromatic rings. The lowest BCUT2D eigenvalue weighted by Crippen LogP contribution is -2.47. The fourth-order valence-corrected chi connectivity index (χ4v) is 3.34. The summed E-state index contributed by atoms with van der Waals surface area (Å²) in [6.07, 6.45) is 6.50. The maximum absolute atomic E-state index is 12.8.